The Morgan fingerprint density at radius 1 is 1.22 bits per heavy atom. The molecule has 0 bridgehead atoms. The number of ether oxygens (including phenoxy) is 2. The van der Waals surface area contributed by atoms with Crippen LogP contribution in [0, 0.1) is 6.92 Å². The summed E-state index contributed by atoms with van der Waals surface area (Å²) in [6, 6.07) is 11.3. The molecule has 27 heavy (non-hydrogen) atoms. The number of benzene rings is 1. The lowest BCUT2D eigenvalue weighted by Crippen LogP contribution is -2.37. The number of nitrogens with one attached hydrogen (secondary N) is 1. The van der Waals surface area contributed by atoms with Crippen molar-refractivity contribution in [3.8, 4) is 11.3 Å². The van der Waals surface area contributed by atoms with Crippen molar-refractivity contribution in [1.82, 2.24) is 15.1 Å². The summed E-state index contributed by atoms with van der Waals surface area (Å²) in [6.07, 6.45) is 1.07. The van der Waals surface area contributed by atoms with Gasteiger partial charge in [0.25, 0.3) is 5.91 Å². The highest BCUT2D eigenvalue weighted by Crippen LogP contribution is 2.43. The van der Waals surface area contributed by atoms with Crippen LogP contribution in [0.1, 0.15) is 33.4 Å². The molecule has 7 nitrogen and oxygen atoms in total. The number of aromatic amines is 1. The van der Waals surface area contributed by atoms with Crippen molar-refractivity contribution in [2.45, 2.75) is 19.3 Å². The summed E-state index contributed by atoms with van der Waals surface area (Å²) in [5.41, 5.74) is 4.13. The van der Waals surface area contributed by atoms with Crippen molar-refractivity contribution in [2.24, 2.45) is 0 Å². The second kappa shape index (κ2) is 7.02. The number of furan rings is 1. The summed E-state index contributed by atoms with van der Waals surface area (Å²) in [4.78, 5) is 14.8. The summed E-state index contributed by atoms with van der Waals surface area (Å²) >= 11 is 0. The molecule has 0 saturated carbocycles. The van der Waals surface area contributed by atoms with Crippen molar-refractivity contribution < 1.29 is 18.7 Å². The van der Waals surface area contributed by atoms with Gasteiger partial charge in [0.15, 0.2) is 6.29 Å². The van der Waals surface area contributed by atoms with Gasteiger partial charge in [-0.2, -0.15) is 5.10 Å². The summed E-state index contributed by atoms with van der Waals surface area (Å²) in [7, 11) is 3.10. The van der Waals surface area contributed by atoms with Crippen LogP contribution in [-0.4, -0.2) is 48.1 Å². The molecule has 1 aliphatic heterocycles. The predicted octanol–water partition coefficient (Wildman–Crippen LogP) is 3.14. The van der Waals surface area contributed by atoms with Crippen LogP contribution in [0.15, 0.2) is 47.1 Å². The van der Waals surface area contributed by atoms with E-state index in [2.05, 4.69) is 10.2 Å². The molecule has 0 spiro atoms. The number of rotatable bonds is 6. The van der Waals surface area contributed by atoms with E-state index in [0.29, 0.717) is 11.5 Å². The van der Waals surface area contributed by atoms with Crippen molar-refractivity contribution >= 4 is 5.91 Å². The number of hydrogen-bond donors (Lipinski definition) is 1. The zero-order chi connectivity index (χ0) is 19.0. The zero-order valence-electron chi connectivity index (χ0n) is 15.4. The van der Waals surface area contributed by atoms with Gasteiger partial charge in [0.05, 0.1) is 18.5 Å². The Morgan fingerprint density at radius 2 is 1.96 bits per heavy atom. The first-order chi connectivity index (χ1) is 13.1. The van der Waals surface area contributed by atoms with Gasteiger partial charge in [-0.3, -0.25) is 9.89 Å². The van der Waals surface area contributed by atoms with E-state index >= 15 is 0 Å². The number of aromatic nitrogens is 2. The van der Waals surface area contributed by atoms with E-state index in [0.717, 1.165) is 22.4 Å². The second-order valence-corrected chi connectivity index (χ2v) is 6.50. The molecule has 1 atom stereocenters. The summed E-state index contributed by atoms with van der Waals surface area (Å²) in [5, 5.41) is 7.34. The molecule has 0 radical (unpaired) electrons. The van der Waals surface area contributed by atoms with Crippen LogP contribution in [0.5, 0.6) is 0 Å². The number of H-pyrrole nitrogens is 1. The number of fused-ring (bicyclic) bond motifs is 1. The monoisotopic (exact) mass is 367 g/mol. The average Bonchev–Trinajstić information content (AvgIpc) is 3.39. The van der Waals surface area contributed by atoms with Gasteiger partial charge in [-0.1, -0.05) is 29.8 Å². The fraction of sp³-hybridized carbons (Fsp3) is 0.300. The first kappa shape index (κ1) is 17.5. The molecule has 1 N–H and O–H groups in total. The van der Waals surface area contributed by atoms with Crippen molar-refractivity contribution in [1.29, 1.82) is 0 Å². The maximum absolute atomic E-state index is 13.1. The number of methoxy groups -OCH3 is 2. The van der Waals surface area contributed by atoms with Gasteiger partial charge < -0.3 is 18.8 Å². The molecule has 4 rings (SSSR count). The fourth-order valence-corrected chi connectivity index (χ4v) is 3.47. The van der Waals surface area contributed by atoms with Crippen LogP contribution in [0.2, 0.25) is 0 Å². The van der Waals surface area contributed by atoms with E-state index in [-0.39, 0.29) is 12.5 Å². The summed E-state index contributed by atoms with van der Waals surface area (Å²) in [6.45, 7) is 2.30. The van der Waals surface area contributed by atoms with Crippen molar-refractivity contribution in [2.75, 3.05) is 20.8 Å². The van der Waals surface area contributed by atoms with Crippen LogP contribution >= 0.6 is 0 Å². The van der Waals surface area contributed by atoms with Gasteiger partial charge >= 0.3 is 0 Å². The zero-order valence-corrected chi connectivity index (χ0v) is 15.4. The van der Waals surface area contributed by atoms with Gasteiger partial charge in [-0.25, -0.2) is 0 Å². The highest BCUT2D eigenvalue weighted by Gasteiger charge is 2.44. The fourth-order valence-electron chi connectivity index (χ4n) is 3.47. The van der Waals surface area contributed by atoms with Gasteiger partial charge in [-0.05, 0) is 19.1 Å². The first-order valence-electron chi connectivity index (χ1n) is 8.69. The molecule has 2 aromatic heterocycles. The Morgan fingerprint density at radius 3 is 2.59 bits per heavy atom. The molecule has 1 amide bonds. The standard InChI is InChI=1S/C20H21N3O4/c1-12-6-8-13(9-7-12)17-16-18(22-21-17)20(24)23(11-15(25-2)26-3)19(16)14-5-4-10-27-14/h4-10,15,19H,11H2,1-3H3,(H,21,22). The minimum Gasteiger partial charge on any atom is -0.467 e. The first-order valence-corrected chi connectivity index (χ1v) is 8.69. The van der Waals surface area contributed by atoms with Gasteiger partial charge in [0.2, 0.25) is 0 Å². The van der Waals surface area contributed by atoms with E-state index in [4.69, 9.17) is 13.9 Å². The molecule has 1 aliphatic rings. The normalized spacial score (nSPS) is 16.4. The smallest absolute Gasteiger partial charge is 0.273 e. The maximum Gasteiger partial charge on any atom is 0.273 e. The summed E-state index contributed by atoms with van der Waals surface area (Å²) < 4.78 is 16.3. The van der Waals surface area contributed by atoms with Gasteiger partial charge in [0, 0.05) is 25.3 Å². The quantitative estimate of drug-likeness (QED) is 0.677. The molecule has 0 aliphatic carbocycles. The molecule has 3 heterocycles. The molecule has 0 saturated heterocycles. The molecule has 1 unspecified atom stereocenters. The Labute approximate surface area is 156 Å². The maximum atomic E-state index is 13.1. The average molecular weight is 367 g/mol. The Hall–Kier alpha value is -2.90. The third-order valence-electron chi connectivity index (χ3n) is 4.87. The number of aryl methyl sites for hydroxylation is 1. The van der Waals surface area contributed by atoms with E-state index in [1.807, 2.05) is 43.3 Å². The summed E-state index contributed by atoms with van der Waals surface area (Å²) in [5.74, 6) is 0.513. The van der Waals surface area contributed by atoms with Crippen LogP contribution in [-0.2, 0) is 9.47 Å². The minimum atomic E-state index is -0.536. The Bertz CT molecular complexity index is 927. The third-order valence-corrected chi connectivity index (χ3v) is 4.87. The molecule has 3 aromatic rings. The van der Waals surface area contributed by atoms with E-state index in [1.54, 1.807) is 25.4 Å². The molecule has 1 aromatic carbocycles. The predicted molar refractivity (Wildman–Crippen MR) is 98.2 cm³/mol. The topological polar surface area (TPSA) is 80.6 Å². The lowest BCUT2D eigenvalue weighted by molar-refractivity contribution is -0.114. The SMILES string of the molecule is COC(CN1C(=O)c2[nH]nc(-c3ccc(C)cc3)c2C1c1ccco1)OC. The number of carbonyl (C=O) groups is 1. The number of nitrogens with zero attached hydrogens (tertiary/aromatic N) is 2. The molecule has 0 fully saturated rings. The van der Waals surface area contributed by atoms with Gasteiger partial charge in [-0.15, -0.1) is 0 Å². The van der Waals surface area contributed by atoms with E-state index in [1.165, 1.54) is 0 Å². The van der Waals surface area contributed by atoms with E-state index in [9.17, 15) is 4.79 Å². The van der Waals surface area contributed by atoms with Crippen molar-refractivity contribution in [3.05, 3.63) is 65.2 Å². The van der Waals surface area contributed by atoms with Crippen LogP contribution in [0.25, 0.3) is 11.3 Å². The molecular formula is C20H21N3O4. The largest absolute Gasteiger partial charge is 0.467 e. The lowest BCUT2D eigenvalue weighted by Gasteiger charge is -2.27. The second-order valence-electron chi connectivity index (χ2n) is 6.50. The molecule has 7 heteroatoms. The molecular weight excluding hydrogens is 346 g/mol. The van der Waals surface area contributed by atoms with Crippen molar-refractivity contribution in [3.63, 3.8) is 0 Å². The van der Waals surface area contributed by atoms with E-state index < -0.39 is 12.3 Å². The highest BCUT2D eigenvalue weighted by molar-refractivity contribution is 6.00. The third kappa shape index (κ3) is 2.94. The highest BCUT2D eigenvalue weighted by atomic mass is 16.7. The number of amides is 1. The lowest BCUT2D eigenvalue weighted by atomic mass is 9.99. The van der Waals surface area contributed by atoms with Crippen LogP contribution in [0.4, 0.5) is 0 Å². The van der Waals surface area contributed by atoms with Gasteiger partial charge in [0.1, 0.15) is 17.5 Å². The Kier molecular flexibility index (Phi) is 4.55. The minimum absolute atomic E-state index is 0.156. The Balaban J connectivity index is 1.81. The number of hydrogen-bond acceptors (Lipinski definition) is 5. The van der Waals surface area contributed by atoms with Crippen LogP contribution in [0.3, 0.4) is 0 Å². The number of carbonyl (C=O) groups excluding carboxylic acids is 1. The van der Waals surface area contributed by atoms with Crippen LogP contribution < -0.4 is 0 Å². The molecule has 140 valence electrons.